The predicted octanol–water partition coefficient (Wildman–Crippen LogP) is 2.16. The van der Waals surface area contributed by atoms with E-state index in [1.165, 1.54) is 0 Å². The van der Waals surface area contributed by atoms with Crippen LogP contribution in [0.15, 0.2) is 42.6 Å². The zero-order chi connectivity index (χ0) is 17.1. The zero-order valence-corrected chi connectivity index (χ0v) is 14.1. The number of ether oxygens (including phenoxy) is 1. The molecule has 1 saturated heterocycles. The van der Waals surface area contributed by atoms with E-state index in [1.807, 2.05) is 40.1 Å². The molecule has 2 aliphatic rings. The fourth-order valence-corrected chi connectivity index (χ4v) is 3.25. The summed E-state index contributed by atoms with van der Waals surface area (Å²) in [7, 11) is 0. The van der Waals surface area contributed by atoms with Gasteiger partial charge in [-0.05, 0) is 18.2 Å². The molecule has 1 aromatic heterocycles. The van der Waals surface area contributed by atoms with Gasteiger partial charge in [0.2, 0.25) is 0 Å². The number of carbonyl (C=O) groups excluding carboxylic acids is 1. The molecule has 0 aliphatic carbocycles. The second kappa shape index (κ2) is 7.04. The molecule has 128 valence electrons. The number of aromatic nitrogens is 1. The molecule has 1 aromatic carbocycles. The second-order valence-electron chi connectivity index (χ2n) is 6.33. The van der Waals surface area contributed by atoms with Gasteiger partial charge in [0.15, 0.2) is 0 Å². The Bertz CT molecular complexity index is 810. The van der Waals surface area contributed by atoms with E-state index < -0.39 is 0 Å². The number of nitrogens with zero attached hydrogens (tertiary/aromatic N) is 3. The van der Waals surface area contributed by atoms with Gasteiger partial charge in [-0.3, -0.25) is 0 Å². The van der Waals surface area contributed by atoms with Crippen LogP contribution in [0.4, 0.5) is 4.79 Å². The van der Waals surface area contributed by atoms with Gasteiger partial charge in [-0.15, -0.1) is 0 Å². The van der Waals surface area contributed by atoms with Gasteiger partial charge in [0.1, 0.15) is 0 Å². The normalized spacial score (nSPS) is 16.8. The van der Waals surface area contributed by atoms with Crippen LogP contribution in [0.3, 0.4) is 0 Å². The van der Waals surface area contributed by atoms with Gasteiger partial charge in [-0.1, -0.05) is 30.0 Å². The van der Waals surface area contributed by atoms with Crippen molar-refractivity contribution >= 4 is 6.03 Å². The minimum Gasteiger partial charge on any atom is -0.378 e. The monoisotopic (exact) mass is 335 g/mol. The van der Waals surface area contributed by atoms with Crippen LogP contribution in [0.1, 0.15) is 16.8 Å². The smallest absolute Gasteiger partial charge is 0.320 e. The van der Waals surface area contributed by atoms with Gasteiger partial charge in [0, 0.05) is 49.2 Å². The first-order valence-electron chi connectivity index (χ1n) is 8.67. The first kappa shape index (κ1) is 15.8. The topological polar surface area (TPSA) is 37.7 Å². The van der Waals surface area contributed by atoms with Crippen LogP contribution in [0, 0.1) is 11.8 Å². The third-order valence-electron chi connectivity index (χ3n) is 4.63. The molecule has 0 bridgehead atoms. The second-order valence-corrected chi connectivity index (χ2v) is 6.33. The lowest BCUT2D eigenvalue weighted by Gasteiger charge is -2.35. The summed E-state index contributed by atoms with van der Waals surface area (Å²) in [6.07, 6.45) is 2.09. The van der Waals surface area contributed by atoms with E-state index in [0.29, 0.717) is 32.8 Å². The quantitative estimate of drug-likeness (QED) is 0.692. The number of urea groups is 1. The molecule has 4 rings (SSSR count). The Morgan fingerprint density at radius 2 is 1.68 bits per heavy atom. The summed E-state index contributed by atoms with van der Waals surface area (Å²) in [5.41, 5.74) is 3.15. The molecule has 25 heavy (non-hydrogen) atoms. The summed E-state index contributed by atoms with van der Waals surface area (Å²) in [5, 5.41) is 0. The Balaban J connectivity index is 1.46. The molecule has 0 N–H and O–H groups in total. The number of hydrogen-bond donors (Lipinski definition) is 0. The van der Waals surface area contributed by atoms with E-state index in [2.05, 4.69) is 28.7 Å². The Morgan fingerprint density at radius 3 is 2.48 bits per heavy atom. The van der Waals surface area contributed by atoms with Crippen molar-refractivity contribution in [1.82, 2.24) is 14.4 Å². The van der Waals surface area contributed by atoms with Crippen LogP contribution in [-0.2, 0) is 17.8 Å². The maximum Gasteiger partial charge on any atom is 0.320 e. The van der Waals surface area contributed by atoms with E-state index in [9.17, 15) is 4.79 Å². The van der Waals surface area contributed by atoms with Crippen LogP contribution >= 0.6 is 0 Å². The van der Waals surface area contributed by atoms with Crippen LogP contribution < -0.4 is 0 Å². The molecule has 0 atom stereocenters. The maximum atomic E-state index is 12.6. The number of carbonyl (C=O) groups is 1. The van der Waals surface area contributed by atoms with Crippen LogP contribution in [-0.4, -0.2) is 53.2 Å². The molecule has 3 heterocycles. The van der Waals surface area contributed by atoms with E-state index >= 15 is 0 Å². The van der Waals surface area contributed by atoms with Gasteiger partial charge >= 0.3 is 6.03 Å². The molecule has 0 saturated carbocycles. The SMILES string of the molecule is O=C(N1CCOCC1)N1CCn2cc(C#Cc3ccccc3)cc2C1. The Kier molecular flexibility index (Phi) is 4.45. The van der Waals surface area contributed by atoms with Crippen molar-refractivity contribution in [2.24, 2.45) is 0 Å². The van der Waals surface area contributed by atoms with Crippen LogP contribution in [0.5, 0.6) is 0 Å². The Morgan fingerprint density at radius 1 is 0.920 bits per heavy atom. The molecule has 0 unspecified atom stereocenters. The van der Waals surface area contributed by atoms with Crippen molar-refractivity contribution in [2.75, 3.05) is 32.8 Å². The average Bonchev–Trinajstić information content (AvgIpc) is 3.09. The van der Waals surface area contributed by atoms with Gasteiger partial charge in [-0.2, -0.15) is 0 Å². The summed E-state index contributed by atoms with van der Waals surface area (Å²) in [6.45, 7) is 4.84. The minimum absolute atomic E-state index is 0.118. The minimum atomic E-state index is 0.118. The van der Waals surface area contributed by atoms with Gasteiger partial charge in [0.05, 0.1) is 19.8 Å². The number of fused-ring (bicyclic) bond motifs is 1. The van der Waals surface area contributed by atoms with Crippen molar-refractivity contribution in [2.45, 2.75) is 13.1 Å². The molecule has 5 nitrogen and oxygen atoms in total. The molecule has 0 radical (unpaired) electrons. The lowest BCUT2D eigenvalue weighted by molar-refractivity contribution is 0.0410. The van der Waals surface area contributed by atoms with Crippen LogP contribution in [0.25, 0.3) is 0 Å². The van der Waals surface area contributed by atoms with E-state index in [0.717, 1.165) is 29.9 Å². The molecule has 2 aliphatic heterocycles. The van der Waals surface area contributed by atoms with Crippen molar-refractivity contribution in [3.63, 3.8) is 0 Å². The van der Waals surface area contributed by atoms with Crippen molar-refractivity contribution in [1.29, 1.82) is 0 Å². The van der Waals surface area contributed by atoms with Gasteiger partial charge in [-0.25, -0.2) is 4.79 Å². The van der Waals surface area contributed by atoms with Crippen molar-refractivity contribution in [3.05, 3.63) is 59.4 Å². The Labute approximate surface area is 147 Å². The summed E-state index contributed by atoms with van der Waals surface area (Å²) in [6, 6.07) is 12.2. The third kappa shape index (κ3) is 3.54. The number of amides is 2. The lowest BCUT2D eigenvalue weighted by atomic mass is 10.2. The van der Waals surface area contributed by atoms with Crippen LogP contribution in [0.2, 0.25) is 0 Å². The molecule has 1 fully saturated rings. The summed E-state index contributed by atoms with van der Waals surface area (Å²) >= 11 is 0. The maximum absolute atomic E-state index is 12.6. The van der Waals surface area contributed by atoms with E-state index in [4.69, 9.17) is 4.74 Å². The van der Waals surface area contributed by atoms with Gasteiger partial charge < -0.3 is 19.1 Å². The number of morpholine rings is 1. The van der Waals surface area contributed by atoms with E-state index in [-0.39, 0.29) is 6.03 Å². The highest BCUT2D eigenvalue weighted by atomic mass is 16.5. The number of rotatable bonds is 0. The molecule has 2 aromatic rings. The number of hydrogen-bond acceptors (Lipinski definition) is 2. The number of benzene rings is 1. The van der Waals surface area contributed by atoms with Crippen molar-refractivity contribution in [3.8, 4) is 11.8 Å². The fourth-order valence-electron chi connectivity index (χ4n) is 3.25. The molecule has 0 spiro atoms. The fraction of sp³-hybridized carbons (Fsp3) is 0.350. The highest BCUT2D eigenvalue weighted by Crippen LogP contribution is 2.18. The summed E-state index contributed by atoms with van der Waals surface area (Å²) in [4.78, 5) is 16.5. The molecular formula is C20H21N3O2. The zero-order valence-electron chi connectivity index (χ0n) is 14.1. The standard InChI is InChI=1S/C20H21N3O2/c24-20(21-10-12-25-13-11-21)23-9-8-22-15-18(14-19(22)16-23)7-6-17-4-2-1-3-5-17/h1-5,14-15H,8-13,16H2. The highest BCUT2D eigenvalue weighted by molar-refractivity contribution is 5.74. The highest BCUT2D eigenvalue weighted by Gasteiger charge is 2.26. The third-order valence-corrected chi connectivity index (χ3v) is 4.63. The largest absolute Gasteiger partial charge is 0.378 e. The predicted molar refractivity (Wildman–Crippen MR) is 95.1 cm³/mol. The van der Waals surface area contributed by atoms with Crippen molar-refractivity contribution < 1.29 is 9.53 Å². The summed E-state index contributed by atoms with van der Waals surface area (Å²) < 4.78 is 7.53. The molecule has 2 amide bonds. The van der Waals surface area contributed by atoms with E-state index in [1.54, 1.807) is 0 Å². The first-order valence-corrected chi connectivity index (χ1v) is 8.67. The molecular weight excluding hydrogens is 314 g/mol. The first-order chi connectivity index (χ1) is 12.3. The summed E-state index contributed by atoms with van der Waals surface area (Å²) in [5.74, 6) is 6.41. The molecule has 5 heteroatoms. The lowest BCUT2D eigenvalue weighted by Crippen LogP contribution is -2.50. The van der Waals surface area contributed by atoms with Gasteiger partial charge in [0.25, 0.3) is 0 Å². The Hall–Kier alpha value is -2.71. The average molecular weight is 335 g/mol.